The fourth-order valence-corrected chi connectivity index (χ4v) is 4.68. The van der Waals surface area contributed by atoms with Crippen LogP contribution in [0.1, 0.15) is 21.5 Å². The molecule has 0 radical (unpaired) electrons. The van der Waals surface area contributed by atoms with Crippen LogP contribution < -0.4 is 10.0 Å². The minimum atomic E-state index is -4.10. The Balaban J connectivity index is 1.91. The molecule has 3 aromatic rings. The fourth-order valence-electron chi connectivity index (χ4n) is 2.58. The highest BCUT2D eigenvalue weighted by Gasteiger charge is 2.21. The van der Waals surface area contributed by atoms with Gasteiger partial charge in [0.25, 0.3) is 5.91 Å². The van der Waals surface area contributed by atoms with E-state index in [1.54, 1.807) is 0 Å². The van der Waals surface area contributed by atoms with E-state index in [-0.39, 0.29) is 12.1 Å². The number of carbonyl (C=O) groups excluding carboxylic acids is 1. The van der Waals surface area contributed by atoms with Gasteiger partial charge in [0, 0.05) is 12.1 Å². The highest BCUT2D eigenvalue weighted by molar-refractivity contribution is 7.89. The minimum absolute atomic E-state index is 0.00748. The molecule has 6 nitrogen and oxygen atoms in total. The molecule has 2 aromatic carbocycles. The first kappa shape index (κ1) is 20.1. The average Bonchev–Trinajstić information content (AvgIpc) is 3.08. The largest absolute Gasteiger partial charge is 0.298 e. The van der Waals surface area contributed by atoms with Crippen molar-refractivity contribution in [1.29, 1.82) is 0 Å². The van der Waals surface area contributed by atoms with Crippen LogP contribution in [0.4, 0.5) is 9.52 Å². The van der Waals surface area contributed by atoms with E-state index in [1.807, 2.05) is 26.0 Å². The van der Waals surface area contributed by atoms with Gasteiger partial charge >= 0.3 is 0 Å². The topological polar surface area (TPSA) is 88.2 Å². The third-order valence-corrected chi connectivity index (χ3v) is 6.61. The predicted molar refractivity (Wildman–Crippen MR) is 109 cm³/mol. The standard InChI is InChI=1S/C19H18FN3O3S2/c1-4-9-21-28(25,26)15-10-13(7-8-14(15)20)18(24)23-19-22-16-11(2)5-6-12(3)17(16)27-19/h4-8,10,21H,1,9H2,2-3H3,(H,22,23,24). The summed E-state index contributed by atoms with van der Waals surface area (Å²) < 4.78 is 41.6. The average molecular weight is 420 g/mol. The number of nitrogens with zero attached hydrogens (tertiary/aromatic N) is 1. The second kappa shape index (κ2) is 7.78. The Labute approximate surface area is 166 Å². The van der Waals surface area contributed by atoms with Crippen molar-refractivity contribution >= 4 is 42.6 Å². The highest BCUT2D eigenvalue weighted by Crippen LogP contribution is 2.31. The number of halogens is 1. The number of thiazole rings is 1. The molecule has 28 heavy (non-hydrogen) atoms. The number of benzene rings is 2. The van der Waals surface area contributed by atoms with Crippen molar-refractivity contribution < 1.29 is 17.6 Å². The van der Waals surface area contributed by atoms with Crippen LogP contribution in [-0.2, 0) is 10.0 Å². The van der Waals surface area contributed by atoms with Gasteiger partial charge < -0.3 is 0 Å². The lowest BCUT2D eigenvalue weighted by Crippen LogP contribution is -2.25. The van der Waals surface area contributed by atoms with Crippen LogP contribution in [0.2, 0.25) is 0 Å². The van der Waals surface area contributed by atoms with Crippen molar-refractivity contribution in [2.45, 2.75) is 18.7 Å². The summed E-state index contributed by atoms with van der Waals surface area (Å²) in [7, 11) is -4.10. The number of aromatic nitrogens is 1. The quantitative estimate of drug-likeness (QED) is 0.596. The van der Waals surface area contributed by atoms with Crippen molar-refractivity contribution in [3.05, 3.63) is 65.5 Å². The zero-order valence-electron chi connectivity index (χ0n) is 15.2. The molecule has 0 aliphatic carbocycles. The van der Waals surface area contributed by atoms with Crippen LogP contribution in [0.5, 0.6) is 0 Å². The number of amides is 1. The van der Waals surface area contributed by atoms with Crippen molar-refractivity contribution in [3.63, 3.8) is 0 Å². The van der Waals surface area contributed by atoms with E-state index in [1.165, 1.54) is 23.5 Å². The van der Waals surface area contributed by atoms with E-state index in [9.17, 15) is 17.6 Å². The third-order valence-electron chi connectivity index (χ3n) is 4.06. The Kier molecular flexibility index (Phi) is 5.59. The second-order valence-corrected chi connectivity index (χ2v) is 8.87. The number of hydrogen-bond donors (Lipinski definition) is 2. The van der Waals surface area contributed by atoms with Gasteiger partial charge in [-0.05, 0) is 43.2 Å². The first-order valence-electron chi connectivity index (χ1n) is 8.31. The van der Waals surface area contributed by atoms with Crippen molar-refractivity contribution in [1.82, 2.24) is 9.71 Å². The molecule has 2 N–H and O–H groups in total. The van der Waals surface area contributed by atoms with Crippen LogP contribution in [0.3, 0.4) is 0 Å². The summed E-state index contributed by atoms with van der Waals surface area (Å²) in [5.41, 5.74) is 2.84. The molecule has 146 valence electrons. The number of sulfonamides is 1. The van der Waals surface area contributed by atoms with Crippen molar-refractivity contribution in [2.24, 2.45) is 0 Å². The molecule has 0 atom stereocenters. The summed E-state index contributed by atoms with van der Waals surface area (Å²) in [6, 6.07) is 7.11. The highest BCUT2D eigenvalue weighted by atomic mass is 32.2. The molecule has 0 fully saturated rings. The van der Waals surface area contributed by atoms with Gasteiger partial charge in [-0.25, -0.2) is 22.5 Å². The SMILES string of the molecule is C=CCNS(=O)(=O)c1cc(C(=O)Nc2nc3c(C)ccc(C)c3s2)ccc1F. The first-order chi connectivity index (χ1) is 13.2. The summed E-state index contributed by atoms with van der Waals surface area (Å²) in [4.78, 5) is 16.4. The fraction of sp³-hybridized carbons (Fsp3) is 0.158. The number of nitrogens with one attached hydrogen (secondary N) is 2. The molecule has 0 aliphatic heterocycles. The minimum Gasteiger partial charge on any atom is -0.298 e. The van der Waals surface area contributed by atoms with Crippen LogP contribution in [0.15, 0.2) is 47.9 Å². The van der Waals surface area contributed by atoms with Gasteiger partial charge in [-0.2, -0.15) is 0 Å². The summed E-state index contributed by atoms with van der Waals surface area (Å²) in [5, 5.41) is 3.04. The Morgan fingerprint density at radius 3 is 2.64 bits per heavy atom. The number of carbonyl (C=O) groups is 1. The Morgan fingerprint density at radius 2 is 1.96 bits per heavy atom. The van der Waals surface area contributed by atoms with E-state index >= 15 is 0 Å². The number of anilines is 1. The molecule has 1 heterocycles. The maximum Gasteiger partial charge on any atom is 0.257 e. The normalized spacial score (nSPS) is 11.5. The molecule has 0 saturated heterocycles. The van der Waals surface area contributed by atoms with Crippen LogP contribution in [-0.4, -0.2) is 25.9 Å². The molecular weight excluding hydrogens is 401 g/mol. The Bertz CT molecular complexity index is 1150. The molecule has 0 saturated carbocycles. The van der Waals surface area contributed by atoms with Gasteiger partial charge in [0.2, 0.25) is 10.0 Å². The molecule has 0 unspecified atom stereocenters. The Hall–Kier alpha value is -2.62. The smallest absolute Gasteiger partial charge is 0.257 e. The van der Waals surface area contributed by atoms with Gasteiger partial charge in [0.05, 0.1) is 10.2 Å². The summed E-state index contributed by atoms with van der Waals surface area (Å²) in [6.45, 7) is 7.25. The van der Waals surface area contributed by atoms with Crippen molar-refractivity contribution in [3.8, 4) is 0 Å². The zero-order valence-corrected chi connectivity index (χ0v) is 16.9. The number of fused-ring (bicyclic) bond motifs is 1. The first-order valence-corrected chi connectivity index (χ1v) is 10.6. The van der Waals surface area contributed by atoms with E-state index in [2.05, 4.69) is 21.6 Å². The third kappa shape index (κ3) is 3.96. The van der Waals surface area contributed by atoms with Gasteiger partial charge in [-0.3, -0.25) is 10.1 Å². The van der Waals surface area contributed by atoms with Gasteiger partial charge in [0.15, 0.2) is 5.13 Å². The monoisotopic (exact) mass is 419 g/mol. The van der Waals surface area contributed by atoms with E-state index in [0.29, 0.717) is 5.13 Å². The van der Waals surface area contributed by atoms with Gasteiger partial charge in [-0.1, -0.05) is 29.5 Å². The second-order valence-electron chi connectivity index (χ2n) is 6.14. The molecule has 3 rings (SSSR count). The maximum absolute atomic E-state index is 14.0. The molecule has 0 aliphatic rings. The number of rotatable bonds is 6. The van der Waals surface area contributed by atoms with Crippen molar-refractivity contribution in [2.75, 3.05) is 11.9 Å². The lowest BCUT2D eigenvalue weighted by molar-refractivity contribution is 0.102. The molecule has 1 aromatic heterocycles. The molecule has 1 amide bonds. The summed E-state index contributed by atoms with van der Waals surface area (Å²) >= 11 is 1.33. The van der Waals surface area contributed by atoms with Crippen LogP contribution in [0.25, 0.3) is 10.2 Å². The van der Waals surface area contributed by atoms with Gasteiger partial charge in [-0.15, -0.1) is 6.58 Å². The van der Waals surface area contributed by atoms with E-state index < -0.39 is 26.6 Å². The lowest BCUT2D eigenvalue weighted by Gasteiger charge is -2.08. The number of aryl methyl sites for hydroxylation is 2. The van der Waals surface area contributed by atoms with Crippen LogP contribution in [0, 0.1) is 19.7 Å². The van der Waals surface area contributed by atoms with Crippen LogP contribution >= 0.6 is 11.3 Å². The molecule has 0 spiro atoms. The summed E-state index contributed by atoms with van der Waals surface area (Å²) in [5.74, 6) is -1.52. The van der Waals surface area contributed by atoms with E-state index in [4.69, 9.17) is 0 Å². The predicted octanol–water partition coefficient (Wildman–Crippen LogP) is 3.77. The van der Waals surface area contributed by atoms with E-state index in [0.717, 1.165) is 33.5 Å². The Morgan fingerprint density at radius 1 is 1.25 bits per heavy atom. The van der Waals surface area contributed by atoms with Gasteiger partial charge in [0.1, 0.15) is 10.7 Å². The molecule has 0 bridgehead atoms. The molecule has 9 heteroatoms. The number of hydrogen-bond acceptors (Lipinski definition) is 5. The summed E-state index contributed by atoms with van der Waals surface area (Å²) in [6.07, 6.45) is 1.34. The lowest BCUT2D eigenvalue weighted by atomic mass is 10.1. The molecular formula is C19H18FN3O3S2. The zero-order chi connectivity index (χ0) is 20.5. The maximum atomic E-state index is 14.0.